The Balaban J connectivity index is 1.68. The summed E-state index contributed by atoms with van der Waals surface area (Å²) in [6.07, 6.45) is 0.547. The van der Waals surface area contributed by atoms with E-state index in [1.165, 1.54) is 5.56 Å². The van der Waals surface area contributed by atoms with Crippen LogP contribution in [0.3, 0.4) is 0 Å². The van der Waals surface area contributed by atoms with E-state index in [0.29, 0.717) is 6.42 Å². The van der Waals surface area contributed by atoms with Gasteiger partial charge < -0.3 is 5.32 Å². The topological polar surface area (TPSA) is 29.1 Å². The van der Waals surface area contributed by atoms with Gasteiger partial charge in [-0.3, -0.25) is 4.79 Å². The molecule has 20 heavy (non-hydrogen) atoms. The van der Waals surface area contributed by atoms with Crippen molar-refractivity contribution in [1.29, 1.82) is 0 Å². The summed E-state index contributed by atoms with van der Waals surface area (Å²) >= 11 is 1.79. The van der Waals surface area contributed by atoms with Crippen LogP contribution in [0.15, 0.2) is 54.6 Å². The van der Waals surface area contributed by atoms with Crippen molar-refractivity contribution >= 4 is 23.4 Å². The van der Waals surface area contributed by atoms with Gasteiger partial charge in [-0.25, -0.2) is 0 Å². The van der Waals surface area contributed by atoms with Gasteiger partial charge in [0.15, 0.2) is 0 Å². The molecule has 0 spiro atoms. The average molecular weight is 285 g/mol. The van der Waals surface area contributed by atoms with E-state index in [-0.39, 0.29) is 5.91 Å². The molecule has 1 N–H and O–H groups in total. The number of aryl methyl sites for hydroxylation is 1. The smallest absolute Gasteiger partial charge is 0.225 e. The Labute approximate surface area is 124 Å². The number of rotatable bonds is 6. The minimum atomic E-state index is 0.0798. The maximum atomic E-state index is 11.8. The van der Waals surface area contributed by atoms with Crippen molar-refractivity contribution in [2.45, 2.75) is 19.1 Å². The van der Waals surface area contributed by atoms with E-state index in [2.05, 4.69) is 17.4 Å². The summed E-state index contributed by atoms with van der Waals surface area (Å²) in [5, 5.41) is 2.93. The minimum Gasteiger partial charge on any atom is -0.326 e. The summed E-state index contributed by atoms with van der Waals surface area (Å²) in [4.78, 5) is 11.8. The van der Waals surface area contributed by atoms with Crippen molar-refractivity contribution in [3.8, 4) is 0 Å². The number of thioether (sulfide) groups is 1. The number of anilines is 1. The molecule has 1 amide bonds. The highest BCUT2D eigenvalue weighted by Gasteiger charge is 2.02. The molecular formula is C17H19NOS. The molecule has 2 rings (SSSR count). The zero-order valence-corrected chi connectivity index (χ0v) is 12.5. The fourth-order valence-corrected chi connectivity index (χ4v) is 2.78. The first-order valence-electron chi connectivity index (χ1n) is 6.72. The number of benzene rings is 2. The first kappa shape index (κ1) is 14.7. The second-order valence-electron chi connectivity index (χ2n) is 4.71. The van der Waals surface area contributed by atoms with Crippen LogP contribution in [-0.4, -0.2) is 11.7 Å². The molecule has 0 aliphatic carbocycles. The second kappa shape index (κ2) is 7.75. The molecule has 0 aromatic heterocycles. The second-order valence-corrected chi connectivity index (χ2v) is 5.81. The van der Waals surface area contributed by atoms with E-state index in [9.17, 15) is 4.79 Å². The lowest BCUT2D eigenvalue weighted by Crippen LogP contribution is -2.12. The van der Waals surface area contributed by atoms with Crippen molar-refractivity contribution in [2.24, 2.45) is 0 Å². The Bertz CT molecular complexity index is 554. The largest absolute Gasteiger partial charge is 0.326 e. The summed E-state index contributed by atoms with van der Waals surface area (Å²) in [6.45, 7) is 2.02. The van der Waals surface area contributed by atoms with Crippen LogP contribution in [0, 0.1) is 6.92 Å². The number of carbonyl (C=O) groups excluding carboxylic acids is 1. The summed E-state index contributed by atoms with van der Waals surface area (Å²) < 4.78 is 0. The van der Waals surface area contributed by atoms with Crippen molar-refractivity contribution < 1.29 is 4.79 Å². The predicted octanol–water partition coefficient (Wildman–Crippen LogP) is 4.26. The van der Waals surface area contributed by atoms with Gasteiger partial charge in [0.05, 0.1) is 0 Å². The van der Waals surface area contributed by atoms with Crippen molar-refractivity contribution in [3.63, 3.8) is 0 Å². The highest BCUT2D eigenvalue weighted by Crippen LogP contribution is 2.14. The number of hydrogen-bond acceptors (Lipinski definition) is 2. The van der Waals surface area contributed by atoms with E-state index >= 15 is 0 Å². The summed E-state index contributed by atoms with van der Waals surface area (Å²) in [7, 11) is 0. The van der Waals surface area contributed by atoms with Gasteiger partial charge in [-0.1, -0.05) is 42.5 Å². The van der Waals surface area contributed by atoms with Gasteiger partial charge in [-0.2, -0.15) is 11.8 Å². The maximum Gasteiger partial charge on any atom is 0.225 e. The van der Waals surface area contributed by atoms with Crippen LogP contribution in [0.25, 0.3) is 0 Å². The van der Waals surface area contributed by atoms with Crippen LogP contribution in [0.2, 0.25) is 0 Å². The Kier molecular flexibility index (Phi) is 5.69. The fourth-order valence-electron chi connectivity index (χ4n) is 1.88. The molecule has 0 saturated heterocycles. The van der Waals surface area contributed by atoms with Crippen molar-refractivity contribution in [1.82, 2.24) is 0 Å². The molecule has 0 unspecified atom stereocenters. The third-order valence-electron chi connectivity index (χ3n) is 2.89. The molecule has 0 saturated carbocycles. The molecule has 0 aliphatic heterocycles. The number of nitrogens with one attached hydrogen (secondary N) is 1. The predicted molar refractivity (Wildman–Crippen MR) is 87.0 cm³/mol. The van der Waals surface area contributed by atoms with Crippen LogP contribution >= 0.6 is 11.8 Å². The zero-order chi connectivity index (χ0) is 14.2. The van der Waals surface area contributed by atoms with Crippen molar-refractivity contribution in [2.75, 3.05) is 11.1 Å². The molecule has 0 fully saturated rings. The van der Waals surface area contributed by atoms with Gasteiger partial charge in [-0.05, 0) is 30.2 Å². The Morgan fingerprint density at radius 1 is 1.10 bits per heavy atom. The van der Waals surface area contributed by atoms with Gasteiger partial charge in [0.25, 0.3) is 0 Å². The van der Waals surface area contributed by atoms with Gasteiger partial charge in [0, 0.05) is 23.6 Å². The standard InChI is InChI=1S/C17H19NOS/c1-14-6-5-9-16(12-14)18-17(19)10-11-20-13-15-7-3-2-4-8-15/h2-9,12H,10-11,13H2,1H3,(H,18,19). The van der Waals surface area contributed by atoms with E-state index < -0.39 is 0 Å². The third-order valence-corrected chi connectivity index (χ3v) is 3.92. The van der Waals surface area contributed by atoms with Crippen LogP contribution in [0.1, 0.15) is 17.5 Å². The number of amides is 1. The molecule has 0 bridgehead atoms. The molecule has 104 valence electrons. The lowest BCUT2D eigenvalue weighted by atomic mass is 10.2. The lowest BCUT2D eigenvalue weighted by Gasteiger charge is -2.06. The number of hydrogen-bond donors (Lipinski definition) is 1. The highest BCUT2D eigenvalue weighted by molar-refractivity contribution is 7.98. The van der Waals surface area contributed by atoms with Gasteiger partial charge >= 0.3 is 0 Å². The summed E-state index contributed by atoms with van der Waals surface area (Å²) in [5.41, 5.74) is 3.33. The molecular weight excluding hydrogens is 266 g/mol. The van der Waals surface area contributed by atoms with Gasteiger partial charge in [-0.15, -0.1) is 0 Å². The monoisotopic (exact) mass is 285 g/mol. The van der Waals surface area contributed by atoms with Gasteiger partial charge in [0.2, 0.25) is 5.91 Å². The first-order valence-corrected chi connectivity index (χ1v) is 7.88. The van der Waals surface area contributed by atoms with Crippen LogP contribution in [0.4, 0.5) is 5.69 Å². The Morgan fingerprint density at radius 2 is 1.90 bits per heavy atom. The minimum absolute atomic E-state index is 0.0798. The van der Waals surface area contributed by atoms with Crippen LogP contribution in [-0.2, 0) is 10.5 Å². The SMILES string of the molecule is Cc1cccc(NC(=O)CCSCc2ccccc2)c1. The Morgan fingerprint density at radius 3 is 2.65 bits per heavy atom. The van der Waals surface area contributed by atoms with Crippen LogP contribution < -0.4 is 5.32 Å². The summed E-state index contributed by atoms with van der Waals surface area (Å²) in [5.74, 6) is 1.88. The Hall–Kier alpha value is -1.74. The molecule has 3 heteroatoms. The van der Waals surface area contributed by atoms with Gasteiger partial charge in [0.1, 0.15) is 0 Å². The fraction of sp³-hybridized carbons (Fsp3) is 0.235. The third kappa shape index (κ3) is 5.10. The lowest BCUT2D eigenvalue weighted by molar-refractivity contribution is -0.115. The van der Waals surface area contributed by atoms with Crippen LogP contribution in [0.5, 0.6) is 0 Å². The van der Waals surface area contributed by atoms with E-state index in [0.717, 1.165) is 22.8 Å². The first-order chi connectivity index (χ1) is 9.74. The molecule has 0 radical (unpaired) electrons. The van der Waals surface area contributed by atoms with Crippen molar-refractivity contribution in [3.05, 3.63) is 65.7 Å². The molecule has 0 heterocycles. The molecule has 0 aliphatic rings. The molecule has 0 atom stereocenters. The number of carbonyl (C=O) groups is 1. The highest BCUT2D eigenvalue weighted by atomic mass is 32.2. The molecule has 2 aromatic rings. The van der Waals surface area contributed by atoms with E-state index in [4.69, 9.17) is 0 Å². The van der Waals surface area contributed by atoms with E-state index in [1.54, 1.807) is 11.8 Å². The van der Waals surface area contributed by atoms with E-state index in [1.807, 2.05) is 49.4 Å². The maximum absolute atomic E-state index is 11.8. The summed E-state index contributed by atoms with van der Waals surface area (Å²) in [6, 6.07) is 18.2. The molecule has 2 nitrogen and oxygen atoms in total. The quantitative estimate of drug-likeness (QED) is 0.804. The zero-order valence-electron chi connectivity index (χ0n) is 11.6. The molecule has 2 aromatic carbocycles. The average Bonchev–Trinajstić information content (AvgIpc) is 2.45. The normalized spacial score (nSPS) is 10.2.